The van der Waals surface area contributed by atoms with E-state index in [1.807, 2.05) is 29.2 Å². The average molecular weight is 475 g/mol. The zero-order chi connectivity index (χ0) is 19.4. The summed E-state index contributed by atoms with van der Waals surface area (Å²) >= 11 is 2.24. The Bertz CT molecular complexity index is 827. The normalized spacial score (nSPS) is 13.6. The van der Waals surface area contributed by atoms with Gasteiger partial charge in [-0.2, -0.15) is 0 Å². The van der Waals surface area contributed by atoms with E-state index in [0.717, 1.165) is 40.6 Å². The number of fused-ring (bicyclic) bond motifs is 1. The molecule has 2 aromatic carbocycles. The van der Waals surface area contributed by atoms with E-state index < -0.39 is 0 Å². The minimum atomic E-state index is 0.179. The van der Waals surface area contributed by atoms with E-state index in [4.69, 9.17) is 0 Å². The van der Waals surface area contributed by atoms with Crippen LogP contribution in [0.5, 0.6) is 0 Å². The molecule has 0 N–H and O–H groups in total. The van der Waals surface area contributed by atoms with Gasteiger partial charge in [0.15, 0.2) is 5.78 Å². The molecule has 142 valence electrons. The molecular weight excluding hydrogens is 449 g/mol. The second kappa shape index (κ2) is 9.00. The molecule has 0 saturated heterocycles. The lowest BCUT2D eigenvalue weighted by atomic mass is 9.95. The van der Waals surface area contributed by atoms with Crippen molar-refractivity contribution in [3.05, 3.63) is 62.7 Å². The van der Waals surface area contributed by atoms with Gasteiger partial charge >= 0.3 is 0 Å². The summed E-state index contributed by atoms with van der Waals surface area (Å²) < 4.78 is 1.13. The topological polar surface area (TPSA) is 37.4 Å². The number of nitrogens with zero attached hydrogens (tertiary/aromatic N) is 1. The Hall–Kier alpha value is -1.69. The number of halogens is 1. The molecule has 0 aliphatic carbocycles. The van der Waals surface area contributed by atoms with Crippen LogP contribution in [0.2, 0.25) is 0 Å². The predicted octanol–water partition coefficient (Wildman–Crippen LogP) is 5.43. The molecule has 0 atom stereocenters. The summed E-state index contributed by atoms with van der Waals surface area (Å²) in [4.78, 5) is 26.9. The summed E-state index contributed by atoms with van der Waals surface area (Å²) in [5.41, 5.74) is 4.24. The van der Waals surface area contributed by atoms with Gasteiger partial charge in [-0.05, 0) is 77.1 Å². The number of carbonyl (C=O) groups is 2. The van der Waals surface area contributed by atoms with Gasteiger partial charge in [-0.15, -0.1) is 0 Å². The number of hydrogen-bond acceptors (Lipinski definition) is 2. The van der Waals surface area contributed by atoms with Crippen molar-refractivity contribution >= 4 is 40.0 Å². The Morgan fingerprint density at radius 1 is 1.11 bits per heavy atom. The maximum absolute atomic E-state index is 12.5. The summed E-state index contributed by atoms with van der Waals surface area (Å²) in [5, 5.41) is 0. The van der Waals surface area contributed by atoms with Crippen molar-refractivity contribution in [2.45, 2.75) is 46.0 Å². The predicted molar refractivity (Wildman–Crippen MR) is 118 cm³/mol. The molecule has 27 heavy (non-hydrogen) atoms. The minimum absolute atomic E-state index is 0.179. The Morgan fingerprint density at radius 3 is 2.56 bits per heavy atom. The van der Waals surface area contributed by atoms with Crippen LogP contribution in [0.4, 0.5) is 5.69 Å². The number of benzene rings is 2. The summed E-state index contributed by atoms with van der Waals surface area (Å²) in [6, 6.07) is 14.1. The third-order valence-corrected chi connectivity index (χ3v) is 5.67. The van der Waals surface area contributed by atoms with Crippen LogP contribution < -0.4 is 4.90 Å². The number of rotatable bonds is 6. The van der Waals surface area contributed by atoms with Gasteiger partial charge in [0.2, 0.25) is 5.91 Å². The van der Waals surface area contributed by atoms with E-state index in [2.05, 4.69) is 54.6 Å². The number of carbonyl (C=O) groups excluding carboxylic acids is 2. The lowest BCUT2D eigenvalue weighted by Gasteiger charge is -2.30. The standard InChI is InChI=1S/C23H26INO2/c1-16(2)14-23(27)25-13-3-4-19-15-17(5-11-21(19)25)6-12-22(26)18-7-9-20(24)10-8-18/h5,7-11,15-16H,3-4,6,12-14H2,1-2H3. The number of aryl methyl sites for hydroxylation is 2. The second-order valence-electron chi connectivity index (χ2n) is 7.64. The Kier molecular flexibility index (Phi) is 6.68. The third-order valence-electron chi connectivity index (χ3n) is 4.95. The van der Waals surface area contributed by atoms with Crippen molar-refractivity contribution in [2.24, 2.45) is 5.92 Å². The molecule has 0 aromatic heterocycles. The van der Waals surface area contributed by atoms with Gasteiger partial charge in [-0.3, -0.25) is 9.59 Å². The Balaban J connectivity index is 1.67. The summed E-state index contributed by atoms with van der Waals surface area (Å²) in [7, 11) is 0. The lowest BCUT2D eigenvalue weighted by Crippen LogP contribution is -2.36. The van der Waals surface area contributed by atoms with E-state index in [1.54, 1.807) is 0 Å². The van der Waals surface area contributed by atoms with E-state index >= 15 is 0 Å². The molecule has 0 saturated carbocycles. The number of ketones is 1. The molecule has 1 aliphatic rings. The van der Waals surface area contributed by atoms with Gasteiger partial charge in [0, 0.05) is 34.2 Å². The average Bonchev–Trinajstić information content (AvgIpc) is 2.65. The SMILES string of the molecule is CC(C)CC(=O)N1CCCc2cc(CCC(=O)c3ccc(I)cc3)ccc21. The highest BCUT2D eigenvalue weighted by molar-refractivity contribution is 14.1. The zero-order valence-electron chi connectivity index (χ0n) is 16.0. The molecule has 0 fully saturated rings. The molecule has 1 heterocycles. The maximum Gasteiger partial charge on any atom is 0.227 e. The highest BCUT2D eigenvalue weighted by atomic mass is 127. The molecule has 0 radical (unpaired) electrons. The van der Waals surface area contributed by atoms with Crippen molar-refractivity contribution in [1.82, 2.24) is 0 Å². The summed E-state index contributed by atoms with van der Waals surface area (Å²) in [6.07, 6.45) is 3.83. The number of Topliss-reactive ketones (excluding diaryl/α,β-unsaturated/α-hetero) is 1. The molecule has 4 heteroatoms. The second-order valence-corrected chi connectivity index (χ2v) is 8.89. The fourth-order valence-corrected chi connectivity index (χ4v) is 3.92. The highest BCUT2D eigenvalue weighted by Crippen LogP contribution is 2.29. The van der Waals surface area contributed by atoms with Crippen LogP contribution in [-0.2, 0) is 17.6 Å². The van der Waals surface area contributed by atoms with E-state index in [9.17, 15) is 9.59 Å². The van der Waals surface area contributed by atoms with Crippen molar-refractivity contribution in [3.8, 4) is 0 Å². The molecule has 0 spiro atoms. The monoisotopic (exact) mass is 475 g/mol. The van der Waals surface area contributed by atoms with Gasteiger partial charge in [-0.25, -0.2) is 0 Å². The Morgan fingerprint density at radius 2 is 1.85 bits per heavy atom. The smallest absolute Gasteiger partial charge is 0.227 e. The lowest BCUT2D eigenvalue weighted by molar-refractivity contribution is -0.119. The van der Waals surface area contributed by atoms with Gasteiger partial charge < -0.3 is 4.90 Å². The molecule has 1 amide bonds. The first-order chi connectivity index (χ1) is 12.9. The van der Waals surface area contributed by atoms with Crippen molar-refractivity contribution in [2.75, 3.05) is 11.4 Å². The number of hydrogen-bond donors (Lipinski definition) is 0. The summed E-state index contributed by atoms with van der Waals surface area (Å²) in [5.74, 6) is 0.764. The minimum Gasteiger partial charge on any atom is -0.312 e. The van der Waals surface area contributed by atoms with Crippen LogP contribution in [0.25, 0.3) is 0 Å². The largest absolute Gasteiger partial charge is 0.312 e. The first kappa shape index (κ1) is 20.1. The Labute approximate surface area is 175 Å². The number of anilines is 1. The van der Waals surface area contributed by atoms with Gasteiger partial charge in [0.25, 0.3) is 0 Å². The first-order valence-electron chi connectivity index (χ1n) is 9.65. The fraction of sp³-hybridized carbons (Fsp3) is 0.391. The van der Waals surface area contributed by atoms with E-state index in [1.165, 1.54) is 11.1 Å². The van der Waals surface area contributed by atoms with Crippen LogP contribution in [-0.4, -0.2) is 18.2 Å². The molecular formula is C23H26INO2. The molecule has 2 aromatic rings. The van der Waals surface area contributed by atoms with Gasteiger partial charge in [0.05, 0.1) is 0 Å². The van der Waals surface area contributed by atoms with E-state index in [-0.39, 0.29) is 11.7 Å². The zero-order valence-corrected chi connectivity index (χ0v) is 18.2. The maximum atomic E-state index is 12.5. The molecule has 0 unspecified atom stereocenters. The summed E-state index contributed by atoms with van der Waals surface area (Å²) in [6.45, 7) is 4.97. The molecule has 0 bridgehead atoms. The number of amides is 1. The highest BCUT2D eigenvalue weighted by Gasteiger charge is 2.23. The first-order valence-corrected chi connectivity index (χ1v) is 10.7. The van der Waals surface area contributed by atoms with Crippen LogP contribution >= 0.6 is 22.6 Å². The van der Waals surface area contributed by atoms with Crippen LogP contribution in [0.3, 0.4) is 0 Å². The molecule has 3 nitrogen and oxygen atoms in total. The third kappa shape index (κ3) is 5.18. The quantitative estimate of drug-likeness (QED) is 0.413. The van der Waals surface area contributed by atoms with Crippen molar-refractivity contribution in [1.29, 1.82) is 0 Å². The van der Waals surface area contributed by atoms with E-state index in [0.29, 0.717) is 18.8 Å². The fourth-order valence-electron chi connectivity index (χ4n) is 3.56. The van der Waals surface area contributed by atoms with Crippen molar-refractivity contribution in [3.63, 3.8) is 0 Å². The van der Waals surface area contributed by atoms with Gasteiger partial charge in [0.1, 0.15) is 0 Å². The van der Waals surface area contributed by atoms with Crippen LogP contribution in [0.1, 0.15) is 54.6 Å². The molecule has 1 aliphatic heterocycles. The van der Waals surface area contributed by atoms with Crippen LogP contribution in [0, 0.1) is 9.49 Å². The van der Waals surface area contributed by atoms with Crippen LogP contribution in [0.15, 0.2) is 42.5 Å². The van der Waals surface area contributed by atoms with Crippen molar-refractivity contribution < 1.29 is 9.59 Å². The molecule has 3 rings (SSSR count). The van der Waals surface area contributed by atoms with Gasteiger partial charge in [-0.1, -0.05) is 38.1 Å².